The second kappa shape index (κ2) is 6.39. The Labute approximate surface area is 106 Å². The Balaban J connectivity index is 2.54. The van der Waals surface area contributed by atoms with E-state index < -0.39 is 0 Å². The van der Waals surface area contributed by atoms with Crippen LogP contribution >= 0.6 is 0 Å². The maximum atomic E-state index is 12.3. The van der Waals surface area contributed by atoms with E-state index in [1.807, 2.05) is 4.90 Å². The quantitative estimate of drug-likeness (QED) is 0.774. The maximum Gasteiger partial charge on any atom is 0.241 e. The molecule has 1 N–H and O–H groups in total. The van der Waals surface area contributed by atoms with Gasteiger partial charge in [0.2, 0.25) is 5.91 Å². The summed E-state index contributed by atoms with van der Waals surface area (Å²) >= 11 is 0. The predicted octanol–water partition coefficient (Wildman–Crippen LogP) is 2.62. The first kappa shape index (κ1) is 14.5. The normalized spacial score (nSPS) is 26.1. The van der Waals surface area contributed by atoms with Gasteiger partial charge in [-0.2, -0.15) is 0 Å². The fourth-order valence-corrected chi connectivity index (χ4v) is 2.47. The molecular formula is C14H28N2O. The molecule has 3 nitrogen and oxygen atoms in total. The second-order valence-corrected chi connectivity index (χ2v) is 5.63. The lowest BCUT2D eigenvalue weighted by Crippen LogP contribution is -2.39. The van der Waals surface area contributed by atoms with Crippen molar-refractivity contribution < 1.29 is 4.79 Å². The average molecular weight is 240 g/mol. The summed E-state index contributed by atoms with van der Waals surface area (Å²) in [5.41, 5.74) is 0. The third kappa shape index (κ3) is 3.44. The summed E-state index contributed by atoms with van der Waals surface area (Å²) in [6.45, 7) is 11.7. The largest absolute Gasteiger partial charge is 0.326 e. The van der Waals surface area contributed by atoms with Crippen LogP contribution in [0.2, 0.25) is 0 Å². The van der Waals surface area contributed by atoms with E-state index in [1.54, 1.807) is 0 Å². The van der Waals surface area contributed by atoms with Crippen molar-refractivity contribution in [3.05, 3.63) is 0 Å². The molecule has 4 unspecified atom stereocenters. The third-order valence-corrected chi connectivity index (χ3v) is 4.22. The second-order valence-electron chi connectivity index (χ2n) is 5.63. The van der Waals surface area contributed by atoms with Gasteiger partial charge in [-0.05, 0) is 25.2 Å². The van der Waals surface area contributed by atoms with E-state index >= 15 is 0 Å². The van der Waals surface area contributed by atoms with Crippen LogP contribution in [-0.2, 0) is 4.79 Å². The van der Waals surface area contributed by atoms with Gasteiger partial charge in [0, 0.05) is 6.04 Å². The van der Waals surface area contributed by atoms with Gasteiger partial charge in [-0.15, -0.1) is 0 Å². The molecule has 0 saturated carbocycles. The lowest BCUT2D eigenvalue weighted by Gasteiger charge is -2.26. The van der Waals surface area contributed by atoms with Crippen LogP contribution in [0.15, 0.2) is 0 Å². The topological polar surface area (TPSA) is 32.3 Å². The molecule has 0 aromatic rings. The molecule has 3 heteroatoms. The first-order valence-corrected chi connectivity index (χ1v) is 7.05. The first-order chi connectivity index (χ1) is 8.01. The molecule has 0 aromatic carbocycles. The van der Waals surface area contributed by atoms with Crippen molar-refractivity contribution >= 4 is 5.91 Å². The van der Waals surface area contributed by atoms with E-state index in [0.717, 1.165) is 19.5 Å². The fourth-order valence-electron chi connectivity index (χ4n) is 2.47. The van der Waals surface area contributed by atoms with Crippen LogP contribution in [0, 0.1) is 11.8 Å². The molecule has 0 aliphatic carbocycles. The SMILES string of the molecule is CCC(C)CC(C)N1CNC(C(C)CC)C1=O. The summed E-state index contributed by atoms with van der Waals surface area (Å²) in [7, 11) is 0. The van der Waals surface area contributed by atoms with Crippen molar-refractivity contribution in [3.8, 4) is 0 Å². The average Bonchev–Trinajstić information content (AvgIpc) is 2.69. The van der Waals surface area contributed by atoms with Crippen molar-refractivity contribution in [1.82, 2.24) is 10.2 Å². The Morgan fingerprint density at radius 2 is 1.94 bits per heavy atom. The molecule has 4 atom stereocenters. The molecular weight excluding hydrogens is 212 g/mol. The zero-order valence-electron chi connectivity index (χ0n) is 12.0. The Kier molecular flexibility index (Phi) is 5.44. The van der Waals surface area contributed by atoms with Crippen LogP contribution in [0.3, 0.4) is 0 Å². The lowest BCUT2D eigenvalue weighted by molar-refractivity contribution is -0.131. The summed E-state index contributed by atoms with van der Waals surface area (Å²) in [6.07, 6.45) is 3.35. The molecule has 1 aliphatic heterocycles. The summed E-state index contributed by atoms with van der Waals surface area (Å²) < 4.78 is 0. The molecule has 0 radical (unpaired) electrons. The highest BCUT2D eigenvalue weighted by molar-refractivity contribution is 5.84. The fraction of sp³-hybridized carbons (Fsp3) is 0.929. The minimum Gasteiger partial charge on any atom is -0.326 e. The molecule has 1 amide bonds. The number of nitrogens with zero attached hydrogens (tertiary/aromatic N) is 1. The third-order valence-electron chi connectivity index (χ3n) is 4.22. The number of carbonyl (C=O) groups excluding carboxylic acids is 1. The summed E-state index contributed by atoms with van der Waals surface area (Å²) in [5, 5.41) is 3.36. The molecule has 1 rings (SSSR count). The number of hydrogen-bond acceptors (Lipinski definition) is 2. The summed E-state index contributed by atoms with van der Waals surface area (Å²) in [4.78, 5) is 14.3. The Hall–Kier alpha value is -0.570. The van der Waals surface area contributed by atoms with Gasteiger partial charge in [0.25, 0.3) is 0 Å². The van der Waals surface area contributed by atoms with Crippen molar-refractivity contribution in [2.75, 3.05) is 6.67 Å². The molecule has 0 aromatic heterocycles. The molecule has 1 aliphatic rings. The summed E-state index contributed by atoms with van der Waals surface area (Å²) in [6, 6.07) is 0.401. The lowest BCUT2D eigenvalue weighted by atomic mass is 9.97. The smallest absolute Gasteiger partial charge is 0.241 e. The van der Waals surface area contributed by atoms with Crippen LogP contribution in [0.1, 0.15) is 53.9 Å². The summed E-state index contributed by atoms with van der Waals surface area (Å²) in [5.74, 6) is 1.43. The van der Waals surface area contributed by atoms with Gasteiger partial charge in [-0.1, -0.05) is 40.5 Å². The molecule has 100 valence electrons. The van der Waals surface area contributed by atoms with Crippen molar-refractivity contribution in [1.29, 1.82) is 0 Å². The van der Waals surface area contributed by atoms with Crippen LogP contribution in [0.25, 0.3) is 0 Å². The zero-order chi connectivity index (χ0) is 13.0. The van der Waals surface area contributed by atoms with Crippen molar-refractivity contribution in [2.24, 2.45) is 11.8 Å². The van der Waals surface area contributed by atoms with E-state index in [9.17, 15) is 4.79 Å². The van der Waals surface area contributed by atoms with Gasteiger partial charge in [-0.25, -0.2) is 0 Å². The van der Waals surface area contributed by atoms with Gasteiger partial charge < -0.3 is 4.90 Å². The van der Waals surface area contributed by atoms with E-state index in [1.165, 1.54) is 6.42 Å². The van der Waals surface area contributed by atoms with Gasteiger partial charge in [0.05, 0.1) is 12.7 Å². The standard InChI is InChI=1S/C14H28N2O/c1-6-10(3)8-12(5)16-9-15-13(14(16)17)11(4)7-2/h10-13,15H,6-9H2,1-5H3. The van der Waals surface area contributed by atoms with Crippen molar-refractivity contribution in [3.63, 3.8) is 0 Å². The number of hydrogen-bond donors (Lipinski definition) is 1. The number of amides is 1. The van der Waals surface area contributed by atoms with Gasteiger partial charge in [-0.3, -0.25) is 10.1 Å². The number of carbonyl (C=O) groups is 1. The highest BCUT2D eigenvalue weighted by Crippen LogP contribution is 2.21. The van der Waals surface area contributed by atoms with E-state index in [0.29, 0.717) is 23.8 Å². The van der Waals surface area contributed by atoms with Gasteiger partial charge in [0.15, 0.2) is 0 Å². The van der Waals surface area contributed by atoms with E-state index in [4.69, 9.17) is 0 Å². The number of nitrogens with one attached hydrogen (secondary N) is 1. The Bertz CT molecular complexity index is 255. The van der Waals surface area contributed by atoms with Gasteiger partial charge in [0.1, 0.15) is 0 Å². The minimum atomic E-state index is 0.0411. The van der Waals surface area contributed by atoms with Crippen LogP contribution in [0.4, 0.5) is 0 Å². The molecule has 1 saturated heterocycles. The molecule has 1 heterocycles. The Morgan fingerprint density at radius 1 is 1.29 bits per heavy atom. The van der Waals surface area contributed by atoms with E-state index in [-0.39, 0.29) is 6.04 Å². The Morgan fingerprint density at radius 3 is 2.47 bits per heavy atom. The monoisotopic (exact) mass is 240 g/mol. The first-order valence-electron chi connectivity index (χ1n) is 7.05. The zero-order valence-corrected chi connectivity index (χ0v) is 12.0. The predicted molar refractivity (Wildman–Crippen MR) is 71.6 cm³/mol. The van der Waals surface area contributed by atoms with Crippen LogP contribution < -0.4 is 5.32 Å². The van der Waals surface area contributed by atoms with Crippen molar-refractivity contribution in [2.45, 2.75) is 66.0 Å². The molecule has 1 fully saturated rings. The molecule has 0 spiro atoms. The van der Waals surface area contributed by atoms with Gasteiger partial charge >= 0.3 is 0 Å². The van der Waals surface area contributed by atoms with Crippen LogP contribution in [-0.4, -0.2) is 29.6 Å². The minimum absolute atomic E-state index is 0.0411. The number of rotatable bonds is 6. The maximum absolute atomic E-state index is 12.3. The molecule has 17 heavy (non-hydrogen) atoms. The highest BCUT2D eigenvalue weighted by Gasteiger charge is 2.36. The highest BCUT2D eigenvalue weighted by atomic mass is 16.2. The van der Waals surface area contributed by atoms with E-state index in [2.05, 4.69) is 39.9 Å². The molecule has 0 bridgehead atoms. The van der Waals surface area contributed by atoms with Crippen LogP contribution in [0.5, 0.6) is 0 Å².